The number of fused-ring (bicyclic) bond motifs is 2. The van der Waals surface area contributed by atoms with Crippen LogP contribution in [0.4, 0.5) is 0 Å². The average molecular weight is 428 g/mol. The average Bonchev–Trinajstić information content (AvgIpc) is 2.71. The van der Waals surface area contributed by atoms with Crippen LogP contribution in [-0.2, 0) is 38.1 Å². The van der Waals surface area contributed by atoms with Crippen molar-refractivity contribution >= 4 is 23.9 Å². The summed E-state index contributed by atoms with van der Waals surface area (Å²) in [4.78, 5) is 50.8. The van der Waals surface area contributed by atoms with E-state index < -0.39 is 64.8 Å². The summed E-state index contributed by atoms with van der Waals surface area (Å²) in [6.07, 6.45) is 0.0713. The lowest BCUT2D eigenvalue weighted by Crippen LogP contribution is -2.69. The van der Waals surface area contributed by atoms with Gasteiger partial charge in [-0.1, -0.05) is 13.8 Å². The summed E-state index contributed by atoms with van der Waals surface area (Å²) in [5.41, 5.74) is -2.77. The third-order valence-corrected chi connectivity index (χ3v) is 6.34. The lowest BCUT2D eigenvalue weighted by molar-refractivity contribution is -0.216. The number of hydrogen-bond acceptors (Lipinski definition) is 10. The van der Waals surface area contributed by atoms with Gasteiger partial charge >= 0.3 is 23.9 Å². The third kappa shape index (κ3) is 3.32. The summed E-state index contributed by atoms with van der Waals surface area (Å²) in [6.45, 7) is 3.60. The van der Waals surface area contributed by atoms with E-state index in [4.69, 9.17) is 18.9 Å². The van der Waals surface area contributed by atoms with Crippen molar-refractivity contribution in [3.8, 4) is 0 Å². The molecule has 0 heterocycles. The predicted octanol–water partition coefficient (Wildman–Crippen LogP) is 0.376. The summed E-state index contributed by atoms with van der Waals surface area (Å²) in [6, 6.07) is 0. The minimum atomic E-state index is -2.45. The van der Waals surface area contributed by atoms with Crippen molar-refractivity contribution in [2.24, 2.45) is 35.5 Å². The molecule has 10 heteroatoms. The van der Waals surface area contributed by atoms with Gasteiger partial charge in [0.25, 0.3) is 0 Å². The first-order chi connectivity index (χ1) is 14.0. The van der Waals surface area contributed by atoms with Crippen LogP contribution in [0, 0.1) is 35.5 Å². The summed E-state index contributed by atoms with van der Waals surface area (Å²) in [7, 11) is 4.31. The predicted molar refractivity (Wildman–Crippen MR) is 99.6 cm³/mol. The lowest BCUT2D eigenvalue weighted by atomic mass is 9.49. The molecule has 0 radical (unpaired) electrons. The fourth-order valence-electron chi connectivity index (χ4n) is 5.04. The van der Waals surface area contributed by atoms with Gasteiger partial charge in [0.15, 0.2) is 0 Å². The van der Waals surface area contributed by atoms with Crippen LogP contribution in [0.15, 0.2) is 11.3 Å². The molecule has 2 aliphatic carbocycles. The van der Waals surface area contributed by atoms with E-state index in [9.17, 15) is 29.4 Å². The Labute approximate surface area is 174 Å². The van der Waals surface area contributed by atoms with Gasteiger partial charge in [0.1, 0.15) is 17.3 Å². The summed E-state index contributed by atoms with van der Waals surface area (Å²) in [5, 5.41) is 22.8. The number of aliphatic hydroxyl groups is 2. The molecule has 0 aromatic heterocycles. The van der Waals surface area contributed by atoms with Crippen LogP contribution >= 0.6 is 0 Å². The number of rotatable bonds is 5. The first kappa shape index (κ1) is 23.7. The maximum absolute atomic E-state index is 12.8. The van der Waals surface area contributed by atoms with E-state index in [2.05, 4.69) is 0 Å². The number of esters is 4. The minimum Gasteiger partial charge on any atom is -0.511 e. The number of ether oxygens (including phenoxy) is 4. The maximum Gasteiger partial charge on any atom is 0.337 e. The lowest BCUT2D eigenvalue weighted by Gasteiger charge is -2.56. The van der Waals surface area contributed by atoms with Gasteiger partial charge in [-0.15, -0.1) is 0 Å². The highest BCUT2D eigenvalue weighted by Crippen LogP contribution is 2.58. The standard InChI is InChI=1S/C20H28O10/c1-8(2)9-7-10-11(16(22)27-3)15(21)14(19(25)30-6)20(26,12(9)17(23)28-4)13(10)18(24)29-5/h8-10,12-14,21,26H,7H2,1-6H3/t9?,10-,12+,13+,14+,20+/m0/s1. The first-order valence-corrected chi connectivity index (χ1v) is 9.49. The molecular formula is C20H28O10. The molecule has 10 nitrogen and oxygen atoms in total. The molecule has 2 aliphatic rings. The van der Waals surface area contributed by atoms with E-state index in [1.807, 2.05) is 0 Å². The molecule has 1 unspecified atom stereocenters. The molecule has 6 atom stereocenters. The maximum atomic E-state index is 12.8. The molecule has 0 amide bonds. The minimum absolute atomic E-state index is 0.0713. The molecule has 0 aliphatic heterocycles. The number of carbonyl (C=O) groups excluding carboxylic acids is 4. The van der Waals surface area contributed by atoms with Crippen molar-refractivity contribution < 1.29 is 48.3 Å². The summed E-state index contributed by atoms with van der Waals surface area (Å²) >= 11 is 0. The number of methoxy groups -OCH3 is 4. The highest BCUT2D eigenvalue weighted by Gasteiger charge is 2.71. The van der Waals surface area contributed by atoms with Crippen LogP contribution in [0.5, 0.6) is 0 Å². The molecule has 0 saturated heterocycles. The third-order valence-electron chi connectivity index (χ3n) is 6.34. The van der Waals surface area contributed by atoms with E-state index in [1.165, 1.54) is 0 Å². The number of aliphatic hydroxyl groups excluding tert-OH is 1. The second-order valence-corrected chi connectivity index (χ2v) is 7.89. The molecule has 30 heavy (non-hydrogen) atoms. The molecule has 0 aromatic rings. The quantitative estimate of drug-likeness (QED) is 0.465. The topological polar surface area (TPSA) is 146 Å². The molecule has 0 spiro atoms. The molecule has 1 saturated carbocycles. The molecule has 2 bridgehead atoms. The molecule has 168 valence electrons. The fourth-order valence-corrected chi connectivity index (χ4v) is 5.04. The Morgan fingerprint density at radius 1 is 0.900 bits per heavy atom. The van der Waals surface area contributed by atoms with Crippen LogP contribution in [0.2, 0.25) is 0 Å². The second-order valence-electron chi connectivity index (χ2n) is 7.89. The Balaban J connectivity index is 2.95. The fraction of sp³-hybridized carbons (Fsp3) is 0.700. The van der Waals surface area contributed by atoms with Crippen molar-refractivity contribution in [3.63, 3.8) is 0 Å². The Hall–Kier alpha value is -2.62. The molecule has 0 aromatic carbocycles. The van der Waals surface area contributed by atoms with Gasteiger partial charge in [-0.25, -0.2) is 4.79 Å². The zero-order valence-electron chi connectivity index (χ0n) is 17.8. The smallest absolute Gasteiger partial charge is 0.337 e. The van der Waals surface area contributed by atoms with Crippen LogP contribution in [-0.4, -0.2) is 68.1 Å². The van der Waals surface area contributed by atoms with Crippen LogP contribution in [0.3, 0.4) is 0 Å². The molecule has 1 fully saturated rings. The van der Waals surface area contributed by atoms with Gasteiger partial charge in [-0.2, -0.15) is 0 Å². The summed E-state index contributed by atoms with van der Waals surface area (Å²) < 4.78 is 19.2. The van der Waals surface area contributed by atoms with Gasteiger partial charge in [0.05, 0.1) is 45.8 Å². The van der Waals surface area contributed by atoms with Crippen molar-refractivity contribution in [1.29, 1.82) is 0 Å². The van der Waals surface area contributed by atoms with Crippen LogP contribution in [0.1, 0.15) is 20.3 Å². The zero-order chi connectivity index (χ0) is 23.0. The highest BCUT2D eigenvalue weighted by molar-refractivity contribution is 5.95. The highest BCUT2D eigenvalue weighted by atomic mass is 16.5. The Morgan fingerprint density at radius 2 is 1.40 bits per heavy atom. The van der Waals surface area contributed by atoms with E-state index in [0.29, 0.717) is 0 Å². The van der Waals surface area contributed by atoms with Crippen molar-refractivity contribution in [2.45, 2.75) is 25.9 Å². The molecule has 2 N–H and O–H groups in total. The Morgan fingerprint density at radius 3 is 1.83 bits per heavy atom. The van der Waals surface area contributed by atoms with Gasteiger partial charge in [-0.05, 0) is 18.3 Å². The van der Waals surface area contributed by atoms with Crippen LogP contribution in [0.25, 0.3) is 0 Å². The largest absolute Gasteiger partial charge is 0.511 e. The van der Waals surface area contributed by atoms with Gasteiger partial charge in [-0.3, -0.25) is 14.4 Å². The van der Waals surface area contributed by atoms with Gasteiger partial charge in [0.2, 0.25) is 0 Å². The zero-order valence-corrected chi connectivity index (χ0v) is 17.8. The summed E-state index contributed by atoms with van der Waals surface area (Å²) in [5.74, 6) is -11.3. The second kappa shape index (κ2) is 8.63. The van der Waals surface area contributed by atoms with E-state index in [0.717, 1.165) is 28.4 Å². The van der Waals surface area contributed by atoms with Crippen molar-refractivity contribution in [1.82, 2.24) is 0 Å². The van der Waals surface area contributed by atoms with E-state index in [1.54, 1.807) is 13.8 Å². The normalized spacial score (nSPS) is 33.0. The van der Waals surface area contributed by atoms with Crippen molar-refractivity contribution in [3.05, 3.63) is 11.3 Å². The van der Waals surface area contributed by atoms with Gasteiger partial charge in [0, 0.05) is 5.92 Å². The monoisotopic (exact) mass is 428 g/mol. The van der Waals surface area contributed by atoms with Crippen LogP contribution < -0.4 is 0 Å². The van der Waals surface area contributed by atoms with Crippen molar-refractivity contribution in [2.75, 3.05) is 28.4 Å². The molecular weight excluding hydrogens is 400 g/mol. The first-order valence-electron chi connectivity index (χ1n) is 9.49. The van der Waals surface area contributed by atoms with Gasteiger partial charge < -0.3 is 29.2 Å². The number of carbonyl (C=O) groups is 4. The SMILES string of the molecule is COC(=O)C1=C(O)[C@H](C(=O)OC)[C@@]2(O)[C@@H](C(=O)OC)C(C(C)C)C[C@@H]1[C@@H]2C(=O)OC. The number of hydrogen-bond donors (Lipinski definition) is 2. The Bertz CT molecular complexity index is 770. The van der Waals surface area contributed by atoms with E-state index in [-0.39, 0.29) is 17.9 Å². The van der Waals surface area contributed by atoms with E-state index >= 15 is 0 Å². The Kier molecular flexibility index (Phi) is 6.80. The molecule has 2 rings (SSSR count).